The standard InChI is InChI=1S/C13H22N2O4/c1-2-13(12(17)18)5-6-15(8-13)11(16)10-4-3-9(7-14)19-10/h9-10H,2-8,14H2,1H3,(H,17,18). The number of ether oxygens (including phenoxy) is 1. The molecule has 6 heteroatoms. The molecule has 3 unspecified atom stereocenters. The number of aliphatic carboxylic acids is 1. The van der Waals surface area contributed by atoms with Crippen molar-refractivity contribution in [3.05, 3.63) is 0 Å². The van der Waals surface area contributed by atoms with Gasteiger partial charge in [-0.25, -0.2) is 0 Å². The molecular formula is C13H22N2O4. The minimum absolute atomic E-state index is 0.0352. The SMILES string of the molecule is CCC1(C(=O)O)CCN(C(=O)C2CCC(CN)O2)C1. The molecule has 0 aromatic rings. The van der Waals surface area contributed by atoms with Crippen LogP contribution in [0.25, 0.3) is 0 Å². The Labute approximate surface area is 112 Å². The number of carbonyl (C=O) groups excluding carboxylic acids is 1. The van der Waals surface area contributed by atoms with Crippen molar-refractivity contribution in [2.24, 2.45) is 11.1 Å². The maximum absolute atomic E-state index is 12.3. The monoisotopic (exact) mass is 270 g/mol. The fraction of sp³-hybridized carbons (Fsp3) is 0.846. The van der Waals surface area contributed by atoms with Gasteiger partial charge in [0.25, 0.3) is 5.91 Å². The second-order valence-corrected chi connectivity index (χ2v) is 5.51. The van der Waals surface area contributed by atoms with Crippen LogP contribution in [-0.2, 0) is 14.3 Å². The van der Waals surface area contributed by atoms with Gasteiger partial charge in [0.15, 0.2) is 0 Å². The molecule has 108 valence electrons. The molecule has 1 amide bonds. The summed E-state index contributed by atoms with van der Waals surface area (Å²) in [7, 11) is 0. The molecule has 0 bridgehead atoms. The Hall–Kier alpha value is -1.14. The zero-order valence-electron chi connectivity index (χ0n) is 11.3. The van der Waals surface area contributed by atoms with Gasteiger partial charge in [-0.1, -0.05) is 6.92 Å². The molecule has 2 fully saturated rings. The van der Waals surface area contributed by atoms with Crippen molar-refractivity contribution in [3.8, 4) is 0 Å². The van der Waals surface area contributed by atoms with Crippen LogP contribution in [0.1, 0.15) is 32.6 Å². The van der Waals surface area contributed by atoms with Gasteiger partial charge in [-0.3, -0.25) is 9.59 Å². The van der Waals surface area contributed by atoms with Crippen molar-refractivity contribution >= 4 is 11.9 Å². The molecule has 2 aliphatic rings. The van der Waals surface area contributed by atoms with Gasteiger partial charge in [0.05, 0.1) is 11.5 Å². The highest BCUT2D eigenvalue weighted by molar-refractivity contribution is 5.83. The molecule has 0 aromatic carbocycles. The van der Waals surface area contributed by atoms with Crippen molar-refractivity contribution in [3.63, 3.8) is 0 Å². The summed E-state index contributed by atoms with van der Waals surface area (Å²) in [5.74, 6) is -0.884. The lowest BCUT2D eigenvalue weighted by Gasteiger charge is -2.24. The smallest absolute Gasteiger partial charge is 0.311 e. The van der Waals surface area contributed by atoms with Crippen LogP contribution >= 0.6 is 0 Å². The van der Waals surface area contributed by atoms with Crippen LogP contribution in [0.2, 0.25) is 0 Å². The first-order chi connectivity index (χ1) is 9.02. The van der Waals surface area contributed by atoms with E-state index in [1.165, 1.54) is 0 Å². The molecule has 6 nitrogen and oxygen atoms in total. The third kappa shape index (κ3) is 2.60. The first-order valence-corrected chi connectivity index (χ1v) is 6.90. The van der Waals surface area contributed by atoms with Crippen LogP contribution in [0.3, 0.4) is 0 Å². The first kappa shape index (κ1) is 14.3. The van der Waals surface area contributed by atoms with Crippen LogP contribution in [-0.4, -0.2) is 53.7 Å². The van der Waals surface area contributed by atoms with Crippen molar-refractivity contribution in [2.45, 2.75) is 44.8 Å². The van der Waals surface area contributed by atoms with Gasteiger partial charge in [-0.15, -0.1) is 0 Å². The molecule has 2 saturated heterocycles. The van der Waals surface area contributed by atoms with Crippen LogP contribution < -0.4 is 5.73 Å². The van der Waals surface area contributed by atoms with E-state index in [-0.39, 0.29) is 12.0 Å². The number of amides is 1. The molecule has 2 aliphatic heterocycles. The lowest BCUT2D eigenvalue weighted by Crippen LogP contribution is -2.41. The molecule has 0 spiro atoms. The average molecular weight is 270 g/mol. The van der Waals surface area contributed by atoms with Gasteiger partial charge < -0.3 is 20.5 Å². The zero-order valence-corrected chi connectivity index (χ0v) is 11.3. The number of carboxylic acids is 1. The van der Waals surface area contributed by atoms with Gasteiger partial charge in [0.1, 0.15) is 6.10 Å². The lowest BCUT2D eigenvalue weighted by atomic mass is 9.84. The highest BCUT2D eigenvalue weighted by Crippen LogP contribution is 2.35. The Bertz CT molecular complexity index is 374. The zero-order chi connectivity index (χ0) is 14.0. The number of nitrogens with two attached hydrogens (primary N) is 1. The first-order valence-electron chi connectivity index (χ1n) is 6.90. The van der Waals surface area contributed by atoms with Gasteiger partial charge >= 0.3 is 5.97 Å². The fourth-order valence-electron chi connectivity index (χ4n) is 2.94. The number of rotatable bonds is 4. The topological polar surface area (TPSA) is 92.9 Å². The Morgan fingerprint density at radius 2 is 2.21 bits per heavy atom. The minimum atomic E-state index is -0.808. The van der Waals surface area contributed by atoms with Gasteiger partial charge in [-0.2, -0.15) is 0 Å². The van der Waals surface area contributed by atoms with Crippen LogP contribution in [0.15, 0.2) is 0 Å². The highest BCUT2D eigenvalue weighted by atomic mass is 16.5. The van der Waals surface area contributed by atoms with E-state index in [1.807, 2.05) is 6.92 Å². The van der Waals surface area contributed by atoms with E-state index in [9.17, 15) is 14.7 Å². The van der Waals surface area contributed by atoms with Crippen LogP contribution in [0, 0.1) is 5.41 Å². The number of carboxylic acid groups (broad SMARTS) is 1. The van der Waals surface area contributed by atoms with Gasteiger partial charge in [0.2, 0.25) is 0 Å². The lowest BCUT2D eigenvalue weighted by molar-refractivity contribution is -0.149. The van der Waals surface area contributed by atoms with E-state index in [4.69, 9.17) is 10.5 Å². The number of likely N-dealkylation sites (tertiary alicyclic amines) is 1. The van der Waals surface area contributed by atoms with Gasteiger partial charge in [0, 0.05) is 19.6 Å². The van der Waals surface area contributed by atoms with E-state index in [2.05, 4.69) is 0 Å². The number of hydrogen-bond donors (Lipinski definition) is 2. The Balaban J connectivity index is 1.97. The summed E-state index contributed by atoms with van der Waals surface area (Å²) in [5.41, 5.74) is 4.75. The third-order valence-corrected chi connectivity index (χ3v) is 4.44. The minimum Gasteiger partial charge on any atom is -0.481 e. The molecule has 0 aromatic heterocycles. The summed E-state index contributed by atoms with van der Waals surface area (Å²) in [6.07, 6.45) is 2.09. The Kier molecular flexibility index (Phi) is 4.10. The summed E-state index contributed by atoms with van der Waals surface area (Å²) in [5, 5.41) is 9.32. The number of hydrogen-bond acceptors (Lipinski definition) is 4. The van der Waals surface area contributed by atoms with E-state index >= 15 is 0 Å². The van der Waals surface area contributed by atoms with Crippen molar-refractivity contribution < 1.29 is 19.4 Å². The third-order valence-electron chi connectivity index (χ3n) is 4.44. The molecule has 0 radical (unpaired) electrons. The van der Waals surface area contributed by atoms with E-state index in [1.54, 1.807) is 4.90 Å². The average Bonchev–Trinajstić information content (AvgIpc) is 3.05. The summed E-state index contributed by atoms with van der Waals surface area (Å²) in [4.78, 5) is 25.3. The molecule has 0 aliphatic carbocycles. The van der Waals surface area contributed by atoms with Crippen LogP contribution in [0.4, 0.5) is 0 Å². The molecule has 19 heavy (non-hydrogen) atoms. The summed E-state index contributed by atoms with van der Waals surface area (Å²) in [6.45, 7) is 3.09. The quantitative estimate of drug-likeness (QED) is 0.761. The maximum atomic E-state index is 12.3. The maximum Gasteiger partial charge on any atom is 0.311 e. The molecular weight excluding hydrogens is 248 g/mol. The van der Waals surface area contributed by atoms with Crippen molar-refractivity contribution in [1.29, 1.82) is 0 Å². The second-order valence-electron chi connectivity index (χ2n) is 5.51. The predicted molar refractivity (Wildman–Crippen MR) is 68.5 cm³/mol. The Morgan fingerprint density at radius 3 is 2.68 bits per heavy atom. The Morgan fingerprint density at radius 1 is 1.47 bits per heavy atom. The summed E-state index contributed by atoms with van der Waals surface area (Å²) in [6, 6.07) is 0. The largest absolute Gasteiger partial charge is 0.481 e. The molecule has 3 N–H and O–H groups in total. The fourth-order valence-corrected chi connectivity index (χ4v) is 2.94. The predicted octanol–water partition coefficient (Wildman–Crippen LogP) is 0.206. The summed E-state index contributed by atoms with van der Waals surface area (Å²) < 4.78 is 5.58. The van der Waals surface area contributed by atoms with E-state index < -0.39 is 17.5 Å². The normalized spacial score (nSPS) is 34.7. The highest BCUT2D eigenvalue weighted by Gasteiger charge is 2.46. The van der Waals surface area contributed by atoms with E-state index in [0.717, 1.165) is 6.42 Å². The van der Waals surface area contributed by atoms with Crippen molar-refractivity contribution in [2.75, 3.05) is 19.6 Å². The molecule has 2 heterocycles. The number of carbonyl (C=O) groups is 2. The van der Waals surface area contributed by atoms with Gasteiger partial charge in [-0.05, 0) is 25.7 Å². The van der Waals surface area contributed by atoms with Crippen molar-refractivity contribution in [1.82, 2.24) is 4.90 Å². The number of nitrogens with zero attached hydrogens (tertiary/aromatic N) is 1. The van der Waals surface area contributed by atoms with Crippen LogP contribution in [0.5, 0.6) is 0 Å². The van der Waals surface area contributed by atoms with E-state index in [0.29, 0.717) is 38.9 Å². The second kappa shape index (κ2) is 5.46. The molecule has 0 saturated carbocycles. The molecule has 3 atom stereocenters. The summed E-state index contributed by atoms with van der Waals surface area (Å²) >= 11 is 0. The molecule has 2 rings (SSSR count).